The van der Waals surface area contributed by atoms with Crippen LogP contribution in [-0.2, 0) is 36.9 Å². The third-order valence-corrected chi connectivity index (χ3v) is 13.3. The summed E-state index contributed by atoms with van der Waals surface area (Å²) in [6, 6.07) is 12.1. The summed E-state index contributed by atoms with van der Waals surface area (Å²) in [5, 5.41) is 10.2. The molecule has 0 saturated carbocycles. The van der Waals surface area contributed by atoms with Crippen LogP contribution in [0.15, 0.2) is 67.1 Å². The van der Waals surface area contributed by atoms with Crippen LogP contribution >= 0.6 is 10.7 Å². The molecule has 0 bridgehead atoms. The van der Waals surface area contributed by atoms with Crippen LogP contribution in [0.2, 0.25) is 0 Å². The Morgan fingerprint density at radius 3 is 1.54 bits per heavy atom. The Balaban J connectivity index is 0.000000265. The minimum absolute atomic E-state index is 0.00849. The molecule has 5 amide bonds. The normalized spacial score (nSPS) is 14.9. The Morgan fingerprint density at radius 1 is 0.662 bits per heavy atom. The molecule has 24 heteroatoms. The Bertz CT molecular complexity index is 2540. The first-order valence-corrected chi connectivity index (χ1v) is 25.8. The maximum Gasteiger partial charge on any atom is 0.410 e. The van der Waals surface area contributed by atoms with E-state index in [4.69, 9.17) is 4.74 Å². The van der Waals surface area contributed by atoms with Crippen molar-refractivity contribution in [3.63, 3.8) is 0 Å². The number of pyridine rings is 1. The number of anilines is 4. The topological polar surface area (TPSA) is 228 Å². The Kier molecular flexibility index (Phi) is 20.3. The second-order valence-electron chi connectivity index (χ2n) is 16.6. The number of ether oxygens (including phenoxy) is 1. The average Bonchev–Trinajstić information content (AvgIpc) is 3.28. The van der Waals surface area contributed by atoms with Gasteiger partial charge in [-0.25, -0.2) is 50.0 Å². The summed E-state index contributed by atoms with van der Waals surface area (Å²) >= 11 is 0. The molecule has 4 heterocycles. The van der Waals surface area contributed by atoms with Crippen molar-refractivity contribution >= 4 is 70.7 Å². The fourth-order valence-electron chi connectivity index (χ4n) is 6.41. The van der Waals surface area contributed by atoms with Crippen molar-refractivity contribution in [1.29, 1.82) is 0 Å². The number of carbonyl (C=O) groups excluding carboxylic acids is 3. The number of aromatic nitrogens is 3. The highest BCUT2D eigenvalue weighted by molar-refractivity contribution is 8.13. The summed E-state index contributed by atoms with van der Waals surface area (Å²) in [5.41, 5.74) is 2.29. The smallest absolute Gasteiger partial charge is 0.410 e. The summed E-state index contributed by atoms with van der Waals surface area (Å²) < 4.78 is 80.2. The molecule has 4 N–H and O–H groups in total. The molecule has 2 aromatic carbocycles. The lowest BCUT2D eigenvalue weighted by Gasteiger charge is -2.35. The van der Waals surface area contributed by atoms with E-state index in [0.29, 0.717) is 93.8 Å². The highest BCUT2D eigenvalue weighted by Gasteiger charge is 2.28. The van der Waals surface area contributed by atoms with Crippen molar-refractivity contribution in [1.82, 2.24) is 34.0 Å². The van der Waals surface area contributed by atoms with E-state index in [9.17, 15) is 35.6 Å². The molecule has 6 rings (SSSR count). The fraction of sp³-hybridized carbons (Fsp3) is 0.455. The van der Waals surface area contributed by atoms with Crippen molar-refractivity contribution < 1.29 is 44.7 Å². The summed E-state index contributed by atoms with van der Waals surface area (Å²) in [6.07, 6.45) is 4.14. The molecular weight excluding hydrogens is 948 g/mol. The van der Waals surface area contributed by atoms with Gasteiger partial charge in [-0.15, -0.1) is 0 Å². The highest BCUT2D eigenvalue weighted by Crippen LogP contribution is 2.23. The standard InChI is InChI=1S/C23H30FN5O3.C19H25FN6O3S.C2H5ClO2S/c1-16-8-9-18(14-25-16)26-21(30)27-19-7-5-6-17(20(19)24)15-28-10-12-29(13-11-28)22(31)32-23(2,3)4;1-3-30(28,29)26-9-7-25(8-10-26)13-15-5-4-6-17(18(15)20)24-19(27)23-16-11-21-14(2)22-12-16;1-2-6(3,4)5/h5-9,14H,10-13,15H2,1-4H3,(H2,26,27,30);4-6,11-12H,3,7-10,13H2,1-2H3,(H2,23,24,27);2H2,1H3. The first-order valence-electron chi connectivity index (χ1n) is 21.7. The Morgan fingerprint density at radius 2 is 1.12 bits per heavy atom. The summed E-state index contributed by atoms with van der Waals surface area (Å²) in [5.74, 6) is -0.329. The summed E-state index contributed by atoms with van der Waals surface area (Å²) in [7, 11) is -1.70. The number of piperazine rings is 2. The molecule has 0 unspecified atom stereocenters. The SMILES string of the molecule is CCS(=O)(=O)Cl.CCS(=O)(=O)N1CCN(Cc2cccc(NC(=O)Nc3cnc(C)nc3)c2F)CC1.Cc1ccc(NC(=O)Nc2cccc(CN3CCN(C(=O)OC(C)(C)C)CC3)c2F)cn1. The van der Waals surface area contributed by atoms with Crippen molar-refractivity contribution in [3.8, 4) is 0 Å². The first-order chi connectivity index (χ1) is 31.9. The number of rotatable bonds is 11. The number of hydrogen-bond acceptors (Lipinski definition) is 13. The minimum atomic E-state index is -3.20. The predicted molar refractivity (Wildman–Crippen MR) is 259 cm³/mol. The minimum Gasteiger partial charge on any atom is -0.444 e. The number of amides is 5. The number of carbonyl (C=O) groups is 3. The number of aryl methyl sites for hydroxylation is 2. The number of hydrogen-bond donors (Lipinski definition) is 4. The van der Waals surface area contributed by atoms with Crippen molar-refractivity contribution in [3.05, 3.63) is 101 Å². The maximum atomic E-state index is 15.0. The van der Waals surface area contributed by atoms with Gasteiger partial charge in [0, 0.05) is 93.0 Å². The molecule has 2 saturated heterocycles. The molecule has 0 spiro atoms. The molecule has 19 nitrogen and oxygen atoms in total. The molecule has 2 aliphatic rings. The van der Waals surface area contributed by atoms with Crippen molar-refractivity contribution in [2.75, 3.05) is 85.1 Å². The van der Waals surface area contributed by atoms with Gasteiger partial charge in [0.25, 0.3) is 0 Å². The zero-order valence-corrected chi connectivity index (χ0v) is 41.6. The van der Waals surface area contributed by atoms with E-state index in [0.717, 1.165) is 5.69 Å². The van der Waals surface area contributed by atoms with Gasteiger partial charge in [-0.1, -0.05) is 31.2 Å². The maximum absolute atomic E-state index is 15.0. The summed E-state index contributed by atoms with van der Waals surface area (Å²) in [4.78, 5) is 54.4. The van der Waals surface area contributed by atoms with Crippen LogP contribution < -0.4 is 21.3 Å². The highest BCUT2D eigenvalue weighted by atomic mass is 35.7. The van der Waals surface area contributed by atoms with Gasteiger partial charge in [0.2, 0.25) is 19.1 Å². The molecule has 2 aromatic heterocycles. The quantitative estimate of drug-likeness (QED) is 0.113. The van der Waals surface area contributed by atoms with E-state index >= 15 is 4.39 Å². The fourth-order valence-corrected chi connectivity index (χ4v) is 7.50. The molecule has 68 heavy (non-hydrogen) atoms. The van der Waals surface area contributed by atoms with Gasteiger partial charge in [0.15, 0.2) is 11.6 Å². The number of sulfonamides is 1. The van der Waals surface area contributed by atoms with Crippen LogP contribution in [0.25, 0.3) is 0 Å². The van der Waals surface area contributed by atoms with Gasteiger partial charge in [0.1, 0.15) is 11.4 Å². The van der Waals surface area contributed by atoms with Crippen LogP contribution in [0, 0.1) is 25.5 Å². The average molecular weight is 1010 g/mol. The monoisotopic (exact) mass is 1010 g/mol. The van der Waals surface area contributed by atoms with Gasteiger partial charge in [-0.05, 0) is 65.8 Å². The van der Waals surface area contributed by atoms with Gasteiger partial charge < -0.3 is 30.9 Å². The molecule has 0 aliphatic carbocycles. The van der Waals surface area contributed by atoms with Gasteiger partial charge in [0.05, 0.1) is 52.8 Å². The third kappa shape index (κ3) is 18.5. The second-order valence-corrected chi connectivity index (χ2v) is 21.9. The van der Waals surface area contributed by atoms with Crippen LogP contribution in [0.5, 0.6) is 0 Å². The zero-order chi connectivity index (χ0) is 50.2. The van der Waals surface area contributed by atoms with E-state index in [2.05, 4.69) is 51.8 Å². The number of nitrogens with zero attached hydrogens (tertiary/aromatic N) is 7. The van der Waals surface area contributed by atoms with Crippen LogP contribution in [0.3, 0.4) is 0 Å². The van der Waals surface area contributed by atoms with Crippen molar-refractivity contribution in [2.24, 2.45) is 0 Å². The van der Waals surface area contributed by atoms with Crippen LogP contribution in [-0.4, -0.2) is 138 Å². The van der Waals surface area contributed by atoms with Crippen LogP contribution in [0.1, 0.15) is 57.3 Å². The lowest BCUT2D eigenvalue weighted by Crippen LogP contribution is -2.49. The number of nitrogens with one attached hydrogen (secondary N) is 4. The van der Waals surface area contributed by atoms with Crippen molar-refractivity contribution in [2.45, 2.75) is 67.2 Å². The lowest BCUT2D eigenvalue weighted by atomic mass is 10.1. The van der Waals surface area contributed by atoms with E-state index in [1.807, 2.05) is 32.6 Å². The van der Waals surface area contributed by atoms with E-state index in [1.54, 1.807) is 61.3 Å². The zero-order valence-electron chi connectivity index (χ0n) is 39.2. The molecule has 2 aliphatic heterocycles. The molecule has 4 aromatic rings. The van der Waals surface area contributed by atoms with Gasteiger partial charge >= 0.3 is 18.2 Å². The third-order valence-electron chi connectivity index (χ3n) is 10.1. The molecular formula is C44H60ClF2N11O8S2. The second kappa shape index (κ2) is 25.1. The molecule has 372 valence electrons. The summed E-state index contributed by atoms with van der Waals surface area (Å²) in [6.45, 7) is 17.0. The van der Waals surface area contributed by atoms with E-state index in [1.165, 1.54) is 35.8 Å². The van der Waals surface area contributed by atoms with Gasteiger partial charge in [-0.3, -0.25) is 14.8 Å². The van der Waals surface area contributed by atoms with Crippen LogP contribution in [0.4, 0.5) is 45.9 Å². The lowest BCUT2D eigenvalue weighted by molar-refractivity contribution is 0.0138. The molecule has 0 radical (unpaired) electrons. The molecule has 0 atom stereocenters. The predicted octanol–water partition coefficient (Wildman–Crippen LogP) is 6.84. The number of halogens is 3. The van der Waals surface area contributed by atoms with E-state index < -0.39 is 48.4 Å². The number of benzene rings is 2. The van der Waals surface area contributed by atoms with Gasteiger partial charge in [-0.2, -0.15) is 4.31 Å². The Labute approximate surface area is 401 Å². The first kappa shape index (κ1) is 55.0. The van der Waals surface area contributed by atoms with E-state index in [-0.39, 0.29) is 29.0 Å². The number of urea groups is 2. The molecule has 2 fully saturated rings. The Hall–Kier alpha value is -5.59. The largest absolute Gasteiger partial charge is 0.444 e.